The molecule has 2 amide bonds. The average molecular weight is 1060 g/mol. The third kappa shape index (κ3) is 16.0. The van der Waals surface area contributed by atoms with E-state index in [2.05, 4.69) is 66.5 Å². The van der Waals surface area contributed by atoms with Gasteiger partial charge < -0.3 is 32.3 Å². The molecular formula is C40H43ClF6N16O6S2. The number of sulfonamides is 2. The molecule has 6 rings (SSSR count). The van der Waals surface area contributed by atoms with Crippen molar-refractivity contribution >= 4 is 84.2 Å². The number of halogens is 7. The predicted octanol–water partition coefficient (Wildman–Crippen LogP) is 4.98. The maximum atomic E-state index is 13.6. The Labute approximate surface area is 415 Å². The first-order chi connectivity index (χ1) is 35.6. The van der Waals surface area contributed by atoms with Gasteiger partial charge in [-0.25, -0.2) is 41.8 Å². The summed E-state index contributed by atoms with van der Waals surface area (Å²) < 4.78 is 171. The van der Waals surface area contributed by atoms with Crippen LogP contribution in [0.3, 0.4) is 0 Å². The first-order valence-electron chi connectivity index (χ1n) is 22.4. The van der Waals surface area contributed by atoms with E-state index in [0.717, 1.165) is 18.6 Å². The van der Waals surface area contributed by atoms with Gasteiger partial charge in [0, 0.05) is 102 Å². The normalized spacial score (nSPS) is 13.0. The third-order valence-electron chi connectivity index (χ3n) is 8.57. The highest BCUT2D eigenvalue weighted by atomic mass is 35.5. The first kappa shape index (κ1) is 47.1. The van der Waals surface area contributed by atoms with E-state index < -0.39 is 80.8 Å². The predicted molar refractivity (Wildman–Crippen MR) is 251 cm³/mol. The molecule has 0 aliphatic rings. The van der Waals surface area contributed by atoms with E-state index >= 15 is 0 Å². The van der Waals surface area contributed by atoms with Gasteiger partial charge in [0.25, 0.3) is 11.8 Å². The molecule has 0 aliphatic carbocycles. The second kappa shape index (κ2) is 23.8. The Morgan fingerprint density at radius 2 is 1.06 bits per heavy atom. The summed E-state index contributed by atoms with van der Waals surface area (Å²) in [6.07, 6.45) is -2.19. The number of hydrogen-bond acceptors (Lipinski definition) is 18. The molecule has 0 radical (unpaired) electrons. The molecule has 4 aromatic heterocycles. The smallest absolute Gasteiger partial charge is 0.364 e. The molecule has 22 nitrogen and oxygen atoms in total. The number of nitrogens with zero attached hydrogens (tertiary/aromatic N) is 10. The Balaban J connectivity index is 0.000000276. The van der Waals surface area contributed by atoms with E-state index in [1.54, 1.807) is 24.3 Å². The lowest BCUT2D eigenvalue weighted by Crippen LogP contribution is -2.27. The highest BCUT2D eigenvalue weighted by Gasteiger charge is 2.36. The van der Waals surface area contributed by atoms with Crippen LogP contribution in [-0.4, -0.2) is 109 Å². The molecule has 2 aromatic carbocycles. The number of amides is 2. The van der Waals surface area contributed by atoms with Crippen LogP contribution in [0.1, 0.15) is 51.5 Å². The fourth-order valence-electron chi connectivity index (χ4n) is 5.16. The van der Waals surface area contributed by atoms with Crippen LogP contribution < -0.4 is 40.9 Å². The Morgan fingerprint density at radius 1 is 0.648 bits per heavy atom. The Morgan fingerprint density at radius 3 is 1.45 bits per heavy atom. The summed E-state index contributed by atoms with van der Waals surface area (Å²) in [6.45, 7) is -6.71. The number of carbonyl (C=O) groups is 2. The minimum Gasteiger partial charge on any atom is -0.364 e. The third-order valence-corrected chi connectivity index (χ3v) is 10.5. The van der Waals surface area contributed by atoms with Crippen LogP contribution in [0.5, 0.6) is 0 Å². The molecule has 7 N–H and O–H groups in total. The summed E-state index contributed by atoms with van der Waals surface area (Å²) in [6, 6.07) is 12.2. The molecule has 71 heavy (non-hydrogen) atoms. The summed E-state index contributed by atoms with van der Waals surface area (Å²) in [7, 11) is -5.39. The number of benzene rings is 2. The van der Waals surface area contributed by atoms with Crippen LogP contribution in [0.4, 0.5) is 67.1 Å². The molecule has 0 unspecified atom stereocenters. The van der Waals surface area contributed by atoms with Gasteiger partial charge in [0.05, 0.1) is 24.8 Å². The van der Waals surface area contributed by atoms with Crippen molar-refractivity contribution in [3.8, 4) is 0 Å². The van der Waals surface area contributed by atoms with Crippen molar-refractivity contribution in [2.75, 3.05) is 65.1 Å². The standard InChI is InChI=1S/C20H21F3N8O3S.C13H10ClF3N4O.C7H12N4O2S/c1-24-18(32)12-4-6-13(7-5-12)29-19-28-10-14(20(21,22)23)16(30-19)27-11-15-17(26-9-8-25-15)31(2)35(3,33)34;1-18-11(22)7-2-4-8(5-3-7)20-12-19-6-9(10(14)21-12)13(15,16)17;1-11(14(2,12)13)7-6(5-8)9-3-4-10-7/h4-10H,11H2,1-3H3,(H,24,32)(H2,27,28,29,30);2-6H,1H3,(H,18,22)(H,19,20,21);3-4H,5,8H2,1-2H3/i2D3;;1D3. The van der Waals surface area contributed by atoms with Gasteiger partial charge >= 0.3 is 12.4 Å². The lowest BCUT2D eigenvalue weighted by atomic mass is 10.2. The SMILES string of the molecule is CNC(=O)c1ccc(Nc2ncc(C(F)(F)F)c(Cl)n2)cc1.[2H]C([2H])([2H])N(c1nccnc1CN)S(C)(=O)=O.[2H]C([2H])([2H])N(c1nccnc1CNc1nc(Nc2ccc(C(=O)NC)cc2)ncc1C(F)(F)F)S(C)(=O)=O. The number of aromatic nitrogens is 8. The van der Waals surface area contributed by atoms with Crippen molar-refractivity contribution < 1.29 is 61.0 Å². The largest absolute Gasteiger partial charge is 0.421 e. The van der Waals surface area contributed by atoms with E-state index in [1.807, 2.05) is 0 Å². The molecule has 380 valence electrons. The van der Waals surface area contributed by atoms with Crippen LogP contribution >= 0.6 is 11.6 Å². The van der Waals surface area contributed by atoms with E-state index in [4.69, 9.17) is 25.6 Å². The van der Waals surface area contributed by atoms with Gasteiger partial charge in [-0.15, -0.1) is 0 Å². The molecule has 6 aromatic rings. The van der Waals surface area contributed by atoms with E-state index in [1.165, 1.54) is 50.8 Å². The Hall–Kier alpha value is -7.57. The van der Waals surface area contributed by atoms with Crippen molar-refractivity contribution in [3.05, 3.63) is 125 Å². The molecular weight excluding hydrogens is 1010 g/mol. The van der Waals surface area contributed by atoms with Crippen LogP contribution in [0.25, 0.3) is 0 Å². The molecule has 4 heterocycles. The van der Waals surface area contributed by atoms with Crippen molar-refractivity contribution in [2.45, 2.75) is 25.4 Å². The van der Waals surface area contributed by atoms with Gasteiger partial charge in [0.15, 0.2) is 11.6 Å². The highest BCUT2D eigenvalue weighted by molar-refractivity contribution is 7.92. The van der Waals surface area contributed by atoms with E-state index in [9.17, 15) is 52.8 Å². The van der Waals surface area contributed by atoms with Crippen molar-refractivity contribution in [3.63, 3.8) is 0 Å². The zero-order valence-corrected chi connectivity index (χ0v) is 39.3. The molecule has 0 saturated carbocycles. The lowest BCUT2D eigenvalue weighted by Gasteiger charge is -2.19. The number of alkyl halides is 6. The van der Waals surface area contributed by atoms with Gasteiger partial charge in [0.2, 0.25) is 31.9 Å². The number of rotatable bonds is 14. The summed E-state index contributed by atoms with van der Waals surface area (Å²) in [5, 5.41) is 12.1. The molecule has 0 atom stereocenters. The van der Waals surface area contributed by atoms with E-state index in [-0.39, 0.29) is 56.1 Å². The second-order valence-electron chi connectivity index (χ2n) is 13.7. The van der Waals surface area contributed by atoms with E-state index in [0.29, 0.717) is 41.2 Å². The zero-order valence-electron chi connectivity index (χ0n) is 43.0. The number of nitrogens with two attached hydrogens (primary N) is 1. The summed E-state index contributed by atoms with van der Waals surface area (Å²) in [4.78, 5) is 52.9. The van der Waals surface area contributed by atoms with Crippen molar-refractivity contribution in [1.29, 1.82) is 0 Å². The van der Waals surface area contributed by atoms with Crippen LogP contribution in [0, 0.1) is 0 Å². The number of anilines is 7. The maximum Gasteiger partial charge on any atom is 0.421 e. The van der Waals surface area contributed by atoms with Crippen LogP contribution in [0.2, 0.25) is 5.15 Å². The quantitative estimate of drug-likeness (QED) is 0.0619. The minimum atomic E-state index is -4.86. The zero-order chi connectivity index (χ0) is 57.9. The Kier molecular flexibility index (Phi) is 15.8. The summed E-state index contributed by atoms with van der Waals surface area (Å²) in [5.74, 6) is -2.42. The maximum absolute atomic E-state index is 13.6. The van der Waals surface area contributed by atoms with Crippen LogP contribution in [-0.2, 0) is 45.5 Å². The highest BCUT2D eigenvalue weighted by Crippen LogP contribution is 2.35. The molecule has 0 bridgehead atoms. The number of carbonyl (C=O) groups excluding carboxylic acids is 2. The van der Waals surface area contributed by atoms with Crippen molar-refractivity contribution in [2.24, 2.45) is 5.73 Å². The monoisotopic (exact) mass is 1060 g/mol. The fourth-order valence-corrected chi connectivity index (χ4v) is 6.33. The summed E-state index contributed by atoms with van der Waals surface area (Å²) in [5.41, 5.74) is 4.55. The molecule has 0 aliphatic heterocycles. The van der Waals surface area contributed by atoms with Crippen molar-refractivity contribution in [1.82, 2.24) is 50.5 Å². The topological polar surface area (TPSA) is 298 Å². The average Bonchev–Trinajstić information content (AvgIpc) is 3.32. The van der Waals surface area contributed by atoms with Gasteiger partial charge in [-0.05, 0) is 48.5 Å². The van der Waals surface area contributed by atoms with Gasteiger partial charge in [-0.1, -0.05) is 11.6 Å². The van der Waals surface area contributed by atoms with Gasteiger partial charge in [-0.3, -0.25) is 28.2 Å². The summed E-state index contributed by atoms with van der Waals surface area (Å²) >= 11 is 5.50. The van der Waals surface area contributed by atoms with Gasteiger partial charge in [-0.2, -0.15) is 31.3 Å². The molecule has 0 saturated heterocycles. The molecule has 31 heteroatoms. The number of hydrogen-bond donors (Lipinski definition) is 6. The fraction of sp³-hybridized carbons (Fsp3) is 0.250. The second-order valence-corrected chi connectivity index (χ2v) is 17.7. The Bertz CT molecular complexity index is 3270. The van der Waals surface area contributed by atoms with Crippen LogP contribution in [0.15, 0.2) is 85.7 Å². The molecule has 0 spiro atoms. The minimum absolute atomic E-state index is 0.0596. The lowest BCUT2D eigenvalue weighted by molar-refractivity contribution is -0.138. The first-order valence-corrected chi connectivity index (χ1v) is 23.4. The number of nitrogens with one attached hydrogen (secondary N) is 5. The molecule has 0 fully saturated rings. The van der Waals surface area contributed by atoms with Gasteiger partial charge in [0.1, 0.15) is 27.8 Å².